The number of carbonyl (C=O) groups excluding carboxylic acids is 1. The van der Waals surface area contributed by atoms with Crippen molar-refractivity contribution in [2.75, 3.05) is 26.2 Å². The molecule has 2 atom stereocenters. The van der Waals surface area contributed by atoms with Crippen LogP contribution in [0, 0.1) is 0 Å². The quantitative estimate of drug-likeness (QED) is 0.691. The summed E-state index contributed by atoms with van der Waals surface area (Å²) in [5, 5.41) is 11.5. The molecule has 2 fully saturated rings. The molecule has 96 valence electrons. The molecule has 2 aliphatic heterocycles. The Bertz CT molecular complexity index is 302. The molecule has 0 aromatic rings. The van der Waals surface area contributed by atoms with Crippen molar-refractivity contribution in [3.05, 3.63) is 0 Å². The van der Waals surface area contributed by atoms with E-state index in [0.717, 1.165) is 19.4 Å². The monoisotopic (exact) mass is 242 g/mol. The van der Waals surface area contributed by atoms with Crippen molar-refractivity contribution in [1.82, 2.24) is 10.2 Å². The number of rotatable bonds is 4. The summed E-state index contributed by atoms with van der Waals surface area (Å²) < 4.78 is 5.52. The maximum Gasteiger partial charge on any atom is 0.305 e. The Labute approximate surface area is 99.9 Å². The Morgan fingerprint density at radius 1 is 1.59 bits per heavy atom. The van der Waals surface area contributed by atoms with Gasteiger partial charge in [-0.2, -0.15) is 0 Å². The maximum atomic E-state index is 11.7. The summed E-state index contributed by atoms with van der Waals surface area (Å²) in [4.78, 5) is 24.3. The normalized spacial score (nSPS) is 30.2. The fourth-order valence-electron chi connectivity index (χ4n) is 2.42. The molecule has 0 radical (unpaired) electrons. The van der Waals surface area contributed by atoms with Crippen LogP contribution in [0.4, 0.5) is 0 Å². The zero-order chi connectivity index (χ0) is 12.3. The first-order chi connectivity index (χ1) is 8.16. The van der Waals surface area contributed by atoms with Crippen LogP contribution in [0.1, 0.15) is 19.3 Å². The minimum Gasteiger partial charge on any atom is -0.481 e. The lowest BCUT2D eigenvalue weighted by molar-refractivity contribution is -0.143. The molecule has 6 heteroatoms. The minimum atomic E-state index is -0.940. The van der Waals surface area contributed by atoms with Crippen molar-refractivity contribution >= 4 is 11.9 Å². The van der Waals surface area contributed by atoms with Gasteiger partial charge in [0.15, 0.2) is 0 Å². The largest absolute Gasteiger partial charge is 0.481 e. The van der Waals surface area contributed by atoms with Crippen molar-refractivity contribution in [2.45, 2.75) is 31.4 Å². The molecule has 0 spiro atoms. The smallest absolute Gasteiger partial charge is 0.305 e. The molecule has 0 aromatic heterocycles. The first-order valence-corrected chi connectivity index (χ1v) is 6.02. The third kappa shape index (κ3) is 3.17. The van der Waals surface area contributed by atoms with Gasteiger partial charge in [0, 0.05) is 26.2 Å². The lowest BCUT2D eigenvalue weighted by Crippen LogP contribution is -2.57. The topological polar surface area (TPSA) is 78.9 Å². The van der Waals surface area contributed by atoms with Crippen molar-refractivity contribution in [2.24, 2.45) is 0 Å². The number of hydrogen-bond donors (Lipinski definition) is 2. The maximum absolute atomic E-state index is 11.7. The van der Waals surface area contributed by atoms with Crippen molar-refractivity contribution in [3.8, 4) is 0 Å². The van der Waals surface area contributed by atoms with E-state index in [1.165, 1.54) is 0 Å². The third-order valence-corrected chi connectivity index (χ3v) is 3.27. The molecule has 1 amide bonds. The van der Waals surface area contributed by atoms with Crippen LogP contribution in [-0.2, 0) is 14.3 Å². The van der Waals surface area contributed by atoms with Gasteiger partial charge in [-0.05, 0) is 12.8 Å². The van der Waals surface area contributed by atoms with Gasteiger partial charge >= 0.3 is 5.97 Å². The summed E-state index contributed by atoms with van der Waals surface area (Å²) >= 11 is 0. The molecule has 2 rings (SSSR count). The number of carboxylic acid groups (broad SMARTS) is 1. The first-order valence-electron chi connectivity index (χ1n) is 6.02. The predicted octanol–water partition coefficient (Wildman–Crippen LogP) is -0.559. The van der Waals surface area contributed by atoms with Crippen LogP contribution in [0.3, 0.4) is 0 Å². The molecule has 0 aliphatic carbocycles. The van der Waals surface area contributed by atoms with E-state index in [2.05, 4.69) is 5.32 Å². The molecule has 2 aliphatic rings. The van der Waals surface area contributed by atoms with Gasteiger partial charge in [-0.3, -0.25) is 14.5 Å². The molecule has 2 unspecified atom stereocenters. The van der Waals surface area contributed by atoms with Crippen LogP contribution < -0.4 is 5.32 Å². The van der Waals surface area contributed by atoms with Crippen molar-refractivity contribution in [3.63, 3.8) is 0 Å². The van der Waals surface area contributed by atoms with Gasteiger partial charge in [-0.1, -0.05) is 0 Å². The second-order valence-electron chi connectivity index (χ2n) is 4.53. The van der Waals surface area contributed by atoms with Gasteiger partial charge < -0.3 is 15.2 Å². The van der Waals surface area contributed by atoms with E-state index in [1.807, 2.05) is 4.90 Å². The molecule has 0 aromatic carbocycles. The number of carboxylic acids is 1. The number of nitrogens with zero attached hydrogens (tertiary/aromatic N) is 1. The highest BCUT2D eigenvalue weighted by Gasteiger charge is 2.33. The fraction of sp³-hybridized carbons (Fsp3) is 0.818. The Kier molecular flexibility index (Phi) is 3.96. The molecule has 0 saturated carbocycles. The Morgan fingerprint density at radius 3 is 3.06 bits per heavy atom. The molecule has 17 heavy (non-hydrogen) atoms. The van der Waals surface area contributed by atoms with E-state index < -0.39 is 12.0 Å². The van der Waals surface area contributed by atoms with Crippen LogP contribution in [0.15, 0.2) is 0 Å². The fourth-order valence-corrected chi connectivity index (χ4v) is 2.42. The van der Waals surface area contributed by atoms with Crippen LogP contribution in [-0.4, -0.2) is 60.3 Å². The second-order valence-corrected chi connectivity index (χ2v) is 4.53. The zero-order valence-electron chi connectivity index (χ0n) is 9.72. The lowest BCUT2D eigenvalue weighted by Gasteiger charge is -2.35. The lowest BCUT2D eigenvalue weighted by atomic mass is 10.1. The summed E-state index contributed by atoms with van der Waals surface area (Å²) in [5.74, 6) is -1.12. The summed E-state index contributed by atoms with van der Waals surface area (Å²) in [5.41, 5.74) is 0. The molecule has 2 heterocycles. The van der Waals surface area contributed by atoms with Gasteiger partial charge in [0.25, 0.3) is 0 Å². The first kappa shape index (κ1) is 12.3. The molecular weight excluding hydrogens is 224 g/mol. The third-order valence-electron chi connectivity index (χ3n) is 3.27. The number of piperazine rings is 1. The van der Waals surface area contributed by atoms with E-state index in [-0.39, 0.29) is 18.4 Å². The van der Waals surface area contributed by atoms with Gasteiger partial charge in [-0.25, -0.2) is 0 Å². The van der Waals surface area contributed by atoms with Gasteiger partial charge in [0.05, 0.1) is 18.6 Å². The van der Waals surface area contributed by atoms with Crippen LogP contribution in [0.2, 0.25) is 0 Å². The van der Waals surface area contributed by atoms with Gasteiger partial charge in [0.1, 0.15) is 0 Å². The molecule has 0 bridgehead atoms. The minimum absolute atomic E-state index is 0.140. The van der Waals surface area contributed by atoms with Crippen LogP contribution in [0.5, 0.6) is 0 Å². The van der Waals surface area contributed by atoms with Crippen molar-refractivity contribution in [1.29, 1.82) is 0 Å². The summed E-state index contributed by atoms with van der Waals surface area (Å²) in [6, 6.07) is -0.551. The highest BCUT2D eigenvalue weighted by atomic mass is 16.5. The number of nitrogens with one attached hydrogen (secondary N) is 1. The van der Waals surface area contributed by atoms with Crippen LogP contribution in [0.25, 0.3) is 0 Å². The summed E-state index contributed by atoms with van der Waals surface area (Å²) in [6.45, 7) is 2.71. The molecular formula is C11H18N2O4. The Hall–Kier alpha value is -1.14. The van der Waals surface area contributed by atoms with E-state index in [4.69, 9.17) is 9.84 Å². The number of ether oxygens (including phenoxy) is 1. The van der Waals surface area contributed by atoms with Gasteiger partial charge in [0.2, 0.25) is 5.91 Å². The number of carbonyl (C=O) groups is 2. The Balaban J connectivity index is 1.95. The van der Waals surface area contributed by atoms with Crippen LogP contribution >= 0.6 is 0 Å². The Morgan fingerprint density at radius 2 is 2.41 bits per heavy atom. The molecule has 2 N–H and O–H groups in total. The molecule has 6 nitrogen and oxygen atoms in total. The highest BCUT2D eigenvalue weighted by Crippen LogP contribution is 2.17. The average Bonchev–Trinajstić information content (AvgIpc) is 2.75. The second kappa shape index (κ2) is 5.46. The predicted molar refractivity (Wildman–Crippen MR) is 59.6 cm³/mol. The van der Waals surface area contributed by atoms with Gasteiger partial charge in [-0.15, -0.1) is 0 Å². The SMILES string of the molecule is O=C(O)CC1C(=O)NCCN1CC1CCCO1. The van der Waals surface area contributed by atoms with E-state index in [0.29, 0.717) is 19.6 Å². The number of hydrogen-bond acceptors (Lipinski definition) is 4. The zero-order valence-corrected chi connectivity index (χ0v) is 9.72. The molecule has 2 saturated heterocycles. The van der Waals surface area contributed by atoms with E-state index >= 15 is 0 Å². The summed E-state index contributed by atoms with van der Waals surface area (Å²) in [7, 11) is 0. The number of aliphatic carboxylic acids is 1. The van der Waals surface area contributed by atoms with Crippen molar-refractivity contribution < 1.29 is 19.4 Å². The highest BCUT2D eigenvalue weighted by molar-refractivity contribution is 5.86. The standard InChI is InChI=1S/C11H18N2O4/c14-10(15)6-9-11(16)12-3-4-13(9)7-8-2-1-5-17-8/h8-9H,1-7H2,(H,12,16)(H,14,15). The summed E-state index contributed by atoms with van der Waals surface area (Å²) in [6.07, 6.45) is 2.06. The van der Waals surface area contributed by atoms with E-state index in [1.54, 1.807) is 0 Å². The van der Waals surface area contributed by atoms with E-state index in [9.17, 15) is 9.59 Å². The average molecular weight is 242 g/mol. The number of amides is 1.